The zero-order valence-electron chi connectivity index (χ0n) is 44.8. The van der Waals surface area contributed by atoms with Crippen molar-refractivity contribution in [3.63, 3.8) is 0 Å². The SMILES string of the molecule is CCc1c(F)ccc2cc(OCOC)cc(-c3ncc4c(N5CCOCC6(CCO6)C5)nc(OCC5(CN6CCC7(CC6)CC(CN6CCN(c8ccc9c(c8)CN([C@H]8CCC(=O)NC8=O)C9=O)CC6)C7)CC5)nc4c3F)c12. The number of aryl methyl sites for hydroxylation is 1. The first-order chi connectivity index (χ1) is 37.9. The van der Waals surface area contributed by atoms with Crippen molar-refractivity contribution in [2.45, 2.75) is 89.3 Å². The van der Waals surface area contributed by atoms with Crippen LogP contribution in [0.3, 0.4) is 0 Å². The van der Waals surface area contributed by atoms with Crippen LogP contribution in [-0.2, 0) is 36.8 Å². The Morgan fingerprint density at radius 2 is 1.68 bits per heavy atom. The van der Waals surface area contributed by atoms with Gasteiger partial charge in [-0.3, -0.25) is 29.6 Å². The first-order valence-electron chi connectivity index (χ1n) is 28.2. The summed E-state index contributed by atoms with van der Waals surface area (Å²) in [6, 6.07) is 12.2. The molecule has 1 unspecified atom stereocenters. The summed E-state index contributed by atoms with van der Waals surface area (Å²) in [5, 5.41) is 4.09. The average Bonchev–Trinajstić information content (AvgIpc) is 4.28. The maximum atomic E-state index is 17.6. The number of nitrogens with zero attached hydrogens (tertiary/aromatic N) is 8. The molecular weight excluding hydrogens is 1000 g/mol. The van der Waals surface area contributed by atoms with E-state index in [0.717, 1.165) is 82.9 Å². The van der Waals surface area contributed by atoms with E-state index in [1.54, 1.807) is 29.3 Å². The Kier molecular flexibility index (Phi) is 13.5. The maximum Gasteiger partial charge on any atom is 0.319 e. The summed E-state index contributed by atoms with van der Waals surface area (Å²) in [6.07, 6.45) is 10.5. The molecule has 1 N–H and O–H groups in total. The molecule has 7 fully saturated rings. The van der Waals surface area contributed by atoms with Crippen LogP contribution in [0.5, 0.6) is 11.8 Å². The number of hydrogen-bond acceptors (Lipinski definition) is 15. The third-order valence-electron chi connectivity index (χ3n) is 18.5. The largest absolute Gasteiger partial charge is 0.468 e. The normalized spacial score (nSPS) is 24.4. The molecule has 412 valence electrons. The number of aromatic nitrogens is 3. The second-order valence-electron chi connectivity index (χ2n) is 23.6. The van der Waals surface area contributed by atoms with Crippen molar-refractivity contribution in [2.75, 3.05) is 116 Å². The van der Waals surface area contributed by atoms with Gasteiger partial charge in [-0.2, -0.15) is 9.97 Å². The van der Waals surface area contributed by atoms with E-state index in [-0.39, 0.29) is 59.4 Å². The molecule has 0 bridgehead atoms. The van der Waals surface area contributed by atoms with Crippen molar-refractivity contribution in [2.24, 2.45) is 16.7 Å². The molecule has 3 aromatic carbocycles. The number of carbonyl (C=O) groups excluding carboxylic acids is 3. The fourth-order valence-electron chi connectivity index (χ4n) is 13.9. The van der Waals surface area contributed by atoms with Gasteiger partial charge in [-0.1, -0.05) is 13.0 Å². The molecule has 3 amide bonds. The van der Waals surface area contributed by atoms with Gasteiger partial charge in [-0.15, -0.1) is 0 Å². The minimum atomic E-state index is -0.655. The molecule has 17 nitrogen and oxygen atoms in total. The topological polar surface area (TPSA) is 164 Å². The lowest BCUT2D eigenvalue weighted by Crippen LogP contribution is -2.54. The molecule has 2 spiro atoms. The van der Waals surface area contributed by atoms with E-state index in [0.29, 0.717) is 115 Å². The summed E-state index contributed by atoms with van der Waals surface area (Å²) in [4.78, 5) is 63.5. The highest BCUT2D eigenvalue weighted by molar-refractivity contribution is 6.06. The van der Waals surface area contributed by atoms with Crippen LogP contribution in [0, 0.1) is 28.4 Å². The zero-order chi connectivity index (χ0) is 53.3. The third kappa shape index (κ3) is 9.70. The van der Waals surface area contributed by atoms with Gasteiger partial charge >= 0.3 is 6.01 Å². The van der Waals surface area contributed by atoms with Crippen LogP contribution in [0.25, 0.3) is 32.9 Å². The molecule has 0 radical (unpaired) electrons. The molecule has 2 aliphatic carbocycles. The lowest BCUT2D eigenvalue weighted by Gasteiger charge is -2.54. The molecule has 6 aliphatic heterocycles. The highest BCUT2D eigenvalue weighted by Crippen LogP contribution is 2.54. The predicted molar refractivity (Wildman–Crippen MR) is 288 cm³/mol. The van der Waals surface area contributed by atoms with Gasteiger partial charge < -0.3 is 43.3 Å². The molecule has 78 heavy (non-hydrogen) atoms. The molecule has 13 rings (SSSR count). The lowest BCUT2D eigenvalue weighted by atomic mass is 9.57. The number of benzene rings is 3. The smallest absolute Gasteiger partial charge is 0.319 e. The standard InChI is InChI=1S/C59H69F2N9O8/c1-3-42-46(60)7-4-38-25-41(77-36-74-2)26-44(49(38)42)51-50(61)52-45(29-62-51)53(69-21-23-75-35-59(33-69)14-22-78-59)65-56(64-52)76-34-58(10-11-58)32-67-15-12-57(13-16-67)27-37(28-57)30-66-17-19-68(20-18-66)40-5-6-43-39(24-40)31-70(55(43)73)47-8-9-48(71)63-54(47)72/h4-7,24-26,29,37,47H,3,8-23,27-28,30-36H2,1-2H3,(H,63,71,72)/t47-,59?/m0/s1. The van der Waals surface area contributed by atoms with Gasteiger partial charge in [-0.25, -0.2) is 8.78 Å². The quantitative estimate of drug-likeness (QED) is 0.0851. The van der Waals surface area contributed by atoms with Crippen LogP contribution in [0.15, 0.2) is 48.7 Å². The van der Waals surface area contributed by atoms with Gasteiger partial charge in [0.05, 0.1) is 38.4 Å². The van der Waals surface area contributed by atoms with Crippen LogP contribution in [0.4, 0.5) is 20.3 Å². The number of methoxy groups -OCH3 is 1. The number of imide groups is 1. The van der Waals surface area contributed by atoms with Gasteiger partial charge in [-0.05, 0) is 134 Å². The first kappa shape index (κ1) is 51.3. The van der Waals surface area contributed by atoms with Crippen molar-refractivity contribution in [3.8, 4) is 23.0 Å². The van der Waals surface area contributed by atoms with Gasteiger partial charge in [0, 0.05) is 101 Å². The van der Waals surface area contributed by atoms with Gasteiger partial charge in [0.15, 0.2) is 12.6 Å². The van der Waals surface area contributed by atoms with Crippen molar-refractivity contribution >= 4 is 50.9 Å². The van der Waals surface area contributed by atoms with E-state index in [1.807, 2.05) is 19.1 Å². The highest BCUT2D eigenvalue weighted by Gasteiger charge is 2.50. The minimum absolute atomic E-state index is 0.0187. The van der Waals surface area contributed by atoms with E-state index >= 15 is 8.78 Å². The summed E-state index contributed by atoms with van der Waals surface area (Å²) in [5.41, 5.74) is 3.57. The Balaban J connectivity index is 0.646. The molecule has 19 heteroatoms. The summed E-state index contributed by atoms with van der Waals surface area (Å²) in [5.74, 6) is -0.167. The number of piperazine rings is 1. The van der Waals surface area contributed by atoms with Crippen molar-refractivity contribution in [1.29, 1.82) is 0 Å². The molecule has 2 saturated carbocycles. The summed E-state index contributed by atoms with van der Waals surface area (Å²) in [7, 11) is 1.53. The number of carbonyl (C=O) groups is 3. The summed E-state index contributed by atoms with van der Waals surface area (Å²) >= 11 is 0. The monoisotopic (exact) mass is 1070 g/mol. The Bertz CT molecular complexity index is 3170. The van der Waals surface area contributed by atoms with Crippen LogP contribution < -0.4 is 24.6 Å². The summed E-state index contributed by atoms with van der Waals surface area (Å²) in [6.45, 7) is 13.3. The number of nitrogens with one attached hydrogen (secondary N) is 1. The van der Waals surface area contributed by atoms with Crippen LogP contribution in [0.1, 0.15) is 86.2 Å². The molecule has 5 aromatic rings. The highest BCUT2D eigenvalue weighted by atomic mass is 19.1. The van der Waals surface area contributed by atoms with E-state index in [2.05, 4.69) is 31.0 Å². The number of amides is 3. The molecule has 2 atom stereocenters. The van der Waals surface area contributed by atoms with E-state index < -0.39 is 17.5 Å². The number of hydrogen-bond donors (Lipinski definition) is 1. The molecule has 8 aliphatic rings. The van der Waals surface area contributed by atoms with Crippen LogP contribution >= 0.6 is 0 Å². The second kappa shape index (κ2) is 20.5. The average molecular weight is 1070 g/mol. The molecule has 8 heterocycles. The number of fused-ring (bicyclic) bond motifs is 3. The van der Waals surface area contributed by atoms with Crippen LogP contribution in [0.2, 0.25) is 0 Å². The Labute approximate surface area is 452 Å². The first-order valence-corrected chi connectivity index (χ1v) is 28.2. The number of anilines is 2. The number of halogens is 2. The van der Waals surface area contributed by atoms with Gasteiger partial charge in [0.25, 0.3) is 5.91 Å². The number of rotatable bonds is 15. The van der Waals surface area contributed by atoms with Gasteiger partial charge in [0.1, 0.15) is 40.2 Å². The predicted octanol–water partition coefficient (Wildman–Crippen LogP) is 6.90. The Morgan fingerprint density at radius 1 is 0.859 bits per heavy atom. The fourth-order valence-corrected chi connectivity index (χ4v) is 13.9. The minimum Gasteiger partial charge on any atom is -0.468 e. The number of piperidine rings is 2. The van der Waals surface area contributed by atoms with Crippen molar-refractivity contribution in [1.82, 2.24) is 35.0 Å². The Hall–Kier alpha value is -6.12. The molecule has 5 saturated heterocycles. The number of pyridine rings is 1. The fraction of sp³-hybridized carbons (Fsp3) is 0.559. The molecule has 2 aromatic heterocycles. The lowest BCUT2D eigenvalue weighted by molar-refractivity contribution is -0.167. The van der Waals surface area contributed by atoms with Gasteiger partial charge in [0.2, 0.25) is 11.8 Å². The van der Waals surface area contributed by atoms with E-state index in [1.165, 1.54) is 38.9 Å². The second-order valence-corrected chi connectivity index (χ2v) is 23.6. The number of ether oxygens (including phenoxy) is 5. The van der Waals surface area contributed by atoms with Crippen LogP contribution in [-0.4, -0.2) is 165 Å². The number of likely N-dealkylation sites (tertiary alicyclic amines) is 1. The third-order valence-corrected chi connectivity index (χ3v) is 18.5. The molecular formula is C59H69F2N9O8. The van der Waals surface area contributed by atoms with E-state index in [9.17, 15) is 14.4 Å². The Morgan fingerprint density at radius 3 is 2.42 bits per heavy atom. The van der Waals surface area contributed by atoms with Crippen molar-refractivity contribution < 1.29 is 46.8 Å². The van der Waals surface area contributed by atoms with Crippen molar-refractivity contribution in [3.05, 3.63) is 77.0 Å². The zero-order valence-corrected chi connectivity index (χ0v) is 44.8. The van der Waals surface area contributed by atoms with E-state index in [4.69, 9.17) is 38.6 Å². The summed E-state index contributed by atoms with van der Waals surface area (Å²) < 4.78 is 62.9. The maximum absolute atomic E-state index is 17.6.